The summed E-state index contributed by atoms with van der Waals surface area (Å²) >= 11 is 0. The smallest absolute Gasteiger partial charge is 0.224 e. The fraction of sp³-hybridized carbons (Fsp3) is 0.375. The van der Waals surface area contributed by atoms with E-state index in [1.807, 2.05) is 18.2 Å². The highest BCUT2D eigenvalue weighted by Gasteiger charge is 2.21. The van der Waals surface area contributed by atoms with Crippen LogP contribution in [0.15, 0.2) is 54.7 Å². The normalized spacial score (nSPS) is 15.7. The summed E-state index contributed by atoms with van der Waals surface area (Å²) in [6.07, 6.45) is 5.80. The summed E-state index contributed by atoms with van der Waals surface area (Å²) in [6.45, 7) is 3.16. The first-order valence-electron chi connectivity index (χ1n) is 10.4. The van der Waals surface area contributed by atoms with Crippen LogP contribution in [0, 0.1) is 5.82 Å². The number of fused-ring (bicyclic) bond motifs is 1. The first-order chi connectivity index (χ1) is 14.1. The van der Waals surface area contributed by atoms with Crippen LogP contribution in [0.5, 0.6) is 0 Å². The van der Waals surface area contributed by atoms with Crippen LogP contribution in [-0.4, -0.2) is 42.1 Å². The van der Waals surface area contributed by atoms with Gasteiger partial charge in [0.25, 0.3) is 0 Å². The summed E-state index contributed by atoms with van der Waals surface area (Å²) in [4.78, 5) is 14.2. The van der Waals surface area contributed by atoms with E-state index >= 15 is 0 Å². The zero-order chi connectivity index (χ0) is 20.2. The van der Waals surface area contributed by atoms with E-state index in [0.717, 1.165) is 44.5 Å². The van der Waals surface area contributed by atoms with E-state index in [0.29, 0.717) is 12.5 Å². The van der Waals surface area contributed by atoms with Crippen molar-refractivity contribution in [1.82, 2.24) is 14.8 Å². The van der Waals surface area contributed by atoms with Crippen LogP contribution in [0.25, 0.3) is 10.9 Å². The zero-order valence-electron chi connectivity index (χ0n) is 16.9. The minimum absolute atomic E-state index is 0.0388. The van der Waals surface area contributed by atoms with Crippen LogP contribution in [0.4, 0.5) is 4.39 Å². The summed E-state index contributed by atoms with van der Waals surface area (Å²) < 4.78 is 15.4. The van der Waals surface area contributed by atoms with Gasteiger partial charge in [0, 0.05) is 44.4 Å². The van der Waals surface area contributed by atoms with Gasteiger partial charge in [0.05, 0.1) is 6.42 Å². The monoisotopic (exact) mass is 393 g/mol. The van der Waals surface area contributed by atoms with Crippen molar-refractivity contribution in [3.8, 4) is 0 Å². The molecule has 0 spiro atoms. The first kappa shape index (κ1) is 19.6. The van der Waals surface area contributed by atoms with Gasteiger partial charge in [-0.05, 0) is 60.0 Å². The highest BCUT2D eigenvalue weighted by molar-refractivity contribution is 5.84. The third kappa shape index (κ3) is 4.67. The summed E-state index contributed by atoms with van der Waals surface area (Å²) in [5, 5.41) is 3.92. The van der Waals surface area contributed by atoms with Crippen molar-refractivity contribution in [2.45, 2.75) is 31.7 Å². The molecule has 152 valence electrons. The van der Waals surface area contributed by atoms with Gasteiger partial charge in [-0.3, -0.25) is 4.79 Å². The Hall–Kier alpha value is -2.66. The Balaban J connectivity index is 1.37. The molecule has 1 fully saturated rings. The van der Waals surface area contributed by atoms with Crippen LogP contribution < -0.4 is 5.32 Å². The number of carbonyl (C=O) groups excluding carboxylic acids is 1. The lowest BCUT2D eigenvalue weighted by Crippen LogP contribution is -2.35. The average molecular weight is 394 g/mol. The molecule has 1 amide bonds. The molecule has 1 aliphatic rings. The zero-order valence-corrected chi connectivity index (χ0v) is 16.9. The molecule has 4 rings (SSSR count). The van der Waals surface area contributed by atoms with Crippen molar-refractivity contribution in [2.75, 3.05) is 26.7 Å². The number of likely N-dealkylation sites (tertiary alicyclic amines) is 1. The number of benzene rings is 2. The van der Waals surface area contributed by atoms with Crippen LogP contribution in [0.3, 0.4) is 0 Å². The Morgan fingerprint density at radius 2 is 1.79 bits per heavy atom. The van der Waals surface area contributed by atoms with Gasteiger partial charge in [-0.15, -0.1) is 0 Å². The number of amides is 1. The molecule has 0 bridgehead atoms. The Morgan fingerprint density at radius 1 is 1.07 bits per heavy atom. The summed E-state index contributed by atoms with van der Waals surface area (Å²) in [5.74, 6) is -0.135. The molecular formula is C24H28FN3O. The van der Waals surface area contributed by atoms with Gasteiger partial charge in [0.1, 0.15) is 5.82 Å². The molecule has 4 nitrogen and oxygen atoms in total. The predicted octanol–water partition coefficient (Wildman–Crippen LogP) is 3.95. The van der Waals surface area contributed by atoms with Crippen molar-refractivity contribution in [1.29, 1.82) is 0 Å². The van der Waals surface area contributed by atoms with E-state index in [1.54, 1.807) is 7.05 Å². The largest absolute Gasteiger partial charge is 0.359 e. The number of nitrogens with one attached hydrogen (secondary N) is 1. The van der Waals surface area contributed by atoms with Gasteiger partial charge in [-0.1, -0.05) is 24.3 Å². The lowest BCUT2D eigenvalue weighted by atomic mass is 10.0. The number of rotatable bonds is 6. The second-order valence-corrected chi connectivity index (χ2v) is 7.92. The lowest BCUT2D eigenvalue weighted by molar-refractivity contribution is -0.119. The molecule has 0 radical (unpaired) electrons. The Kier molecular flexibility index (Phi) is 5.95. The molecule has 29 heavy (non-hydrogen) atoms. The quantitative estimate of drug-likeness (QED) is 0.689. The molecule has 1 aromatic heterocycles. The minimum atomic E-state index is -0.174. The number of nitrogens with zero attached hydrogens (tertiary/aromatic N) is 2. The molecule has 3 aromatic rings. The topological polar surface area (TPSA) is 37.3 Å². The number of hydrogen-bond donors (Lipinski definition) is 1. The molecule has 1 N–H and O–H groups in total. The van der Waals surface area contributed by atoms with Gasteiger partial charge in [0.2, 0.25) is 5.91 Å². The van der Waals surface area contributed by atoms with Crippen LogP contribution in [0.1, 0.15) is 30.0 Å². The second-order valence-electron chi connectivity index (χ2n) is 7.92. The number of hydrogen-bond acceptors (Lipinski definition) is 2. The van der Waals surface area contributed by atoms with E-state index in [9.17, 15) is 9.18 Å². The molecule has 0 unspecified atom stereocenters. The standard InChI is InChI=1S/C24H28FN3O/c1-26-24(29)17-19-2-5-20-9-15-28(23(20)16-19)22-10-13-27(14-11-22)12-8-18-3-6-21(25)7-4-18/h2-7,9,15-16,22H,8,10-14,17H2,1H3,(H,26,29). The Morgan fingerprint density at radius 3 is 2.52 bits per heavy atom. The highest BCUT2D eigenvalue weighted by Crippen LogP contribution is 2.28. The van der Waals surface area contributed by atoms with Crippen LogP contribution in [0.2, 0.25) is 0 Å². The van der Waals surface area contributed by atoms with E-state index < -0.39 is 0 Å². The maximum Gasteiger partial charge on any atom is 0.224 e. The molecule has 1 saturated heterocycles. The summed E-state index contributed by atoms with van der Waals surface area (Å²) in [6, 6.07) is 15.8. The number of carbonyl (C=O) groups is 1. The molecule has 2 aromatic carbocycles. The lowest BCUT2D eigenvalue weighted by Gasteiger charge is -2.33. The van der Waals surface area contributed by atoms with Gasteiger partial charge in [0.15, 0.2) is 0 Å². The average Bonchev–Trinajstić information content (AvgIpc) is 3.17. The molecule has 0 aliphatic carbocycles. The molecule has 1 aliphatic heterocycles. The third-order valence-electron chi connectivity index (χ3n) is 6.01. The molecule has 2 heterocycles. The Bertz CT molecular complexity index is 971. The van der Waals surface area contributed by atoms with Crippen molar-refractivity contribution in [3.63, 3.8) is 0 Å². The van der Waals surface area contributed by atoms with E-state index in [1.165, 1.54) is 28.6 Å². The number of halogens is 1. The molecule has 0 saturated carbocycles. The SMILES string of the molecule is CNC(=O)Cc1ccc2ccn(C3CCN(CCc4ccc(F)cc4)CC3)c2c1. The first-order valence-corrected chi connectivity index (χ1v) is 10.4. The van der Waals surface area contributed by atoms with Gasteiger partial charge < -0.3 is 14.8 Å². The summed E-state index contributed by atoms with van der Waals surface area (Å²) in [5.41, 5.74) is 3.46. The predicted molar refractivity (Wildman–Crippen MR) is 115 cm³/mol. The minimum Gasteiger partial charge on any atom is -0.359 e. The maximum absolute atomic E-state index is 13.0. The van der Waals surface area contributed by atoms with Crippen molar-refractivity contribution in [3.05, 3.63) is 71.7 Å². The fourth-order valence-electron chi connectivity index (χ4n) is 4.26. The third-order valence-corrected chi connectivity index (χ3v) is 6.01. The molecular weight excluding hydrogens is 365 g/mol. The second kappa shape index (κ2) is 8.78. The number of piperidine rings is 1. The van der Waals surface area contributed by atoms with Gasteiger partial charge in [-0.2, -0.15) is 0 Å². The number of aromatic nitrogens is 1. The van der Waals surface area contributed by atoms with Gasteiger partial charge >= 0.3 is 0 Å². The molecule has 0 atom stereocenters. The van der Waals surface area contributed by atoms with Crippen molar-refractivity contribution >= 4 is 16.8 Å². The van der Waals surface area contributed by atoms with Crippen molar-refractivity contribution in [2.24, 2.45) is 0 Å². The molecule has 5 heteroatoms. The summed E-state index contributed by atoms with van der Waals surface area (Å²) in [7, 11) is 1.67. The van der Waals surface area contributed by atoms with Crippen molar-refractivity contribution < 1.29 is 9.18 Å². The van der Waals surface area contributed by atoms with E-state index in [2.05, 4.69) is 39.2 Å². The fourth-order valence-corrected chi connectivity index (χ4v) is 4.26. The van der Waals surface area contributed by atoms with Gasteiger partial charge in [-0.25, -0.2) is 4.39 Å². The number of likely N-dealkylation sites (N-methyl/N-ethyl adjacent to an activating group) is 1. The van der Waals surface area contributed by atoms with Crippen LogP contribution in [-0.2, 0) is 17.6 Å². The van der Waals surface area contributed by atoms with E-state index in [-0.39, 0.29) is 11.7 Å². The van der Waals surface area contributed by atoms with Crippen LogP contribution >= 0.6 is 0 Å². The Labute approximate surface area is 171 Å². The maximum atomic E-state index is 13.0. The highest BCUT2D eigenvalue weighted by atomic mass is 19.1. The van der Waals surface area contributed by atoms with E-state index in [4.69, 9.17) is 0 Å².